The Morgan fingerprint density at radius 1 is 1.00 bits per heavy atom. The van der Waals surface area contributed by atoms with Crippen molar-refractivity contribution in [2.45, 2.75) is 57.6 Å². The minimum atomic E-state index is -4.38. The van der Waals surface area contributed by atoms with Gasteiger partial charge in [0.2, 0.25) is 11.8 Å². The van der Waals surface area contributed by atoms with E-state index >= 15 is 0 Å². The lowest BCUT2D eigenvalue weighted by Crippen LogP contribution is -2.52. The Bertz CT molecular complexity index is 1470. The average Bonchev–Trinajstić information content (AvgIpc) is 2.91. The number of halogens is 3. The van der Waals surface area contributed by atoms with E-state index in [2.05, 4.69) is 5.32 Å². The van der Waals surface area contributed by atoms with Crippen LogP contribution in [0, 0.1) is 12.7 Å². The topological polar surface area (TPSA) is 86.8 Å². The molecule has 40 heavy (non-hydrogen) atoms. The molecule has 0 aliphatic heterocycles. The number of nitrogens with zero attached hydrogens (tertiary/aromatic N) is 2. The molecule has 214 valence electrons. The third kappa shape index (κ3) is 7.53. The van der Waals surface area contributed by atoms with Gasteiger partial charge in [-0.2, -0.15) is 0 Å². The highest BCUT2D eigenvalue weighted by Gasteiger charge is 2.34. The number of nitrogens with one attached hydrogen (secondary N) is 1. The van der Waals surface area contributed by atoms with E-state index in [9.17, 15) is 22.4 Å². The summed E-state index contributed by atoms with van der Waals surface area (Å²) in [6.45, 7) is 6.22. The molecule has 3 aromatic rings. The maximum atomic E-state index is 15.0. The largest absolute Gasteiger partial charge is 0.352 e. The van der Waals surface area contributed by atoms with Crippen molar-refractivity contribution in [2.24, 2.45) is 0 Å². The summed E-state index contributed by atoms with van der Waals surface area (Å²) in [7, 11) is -4.38. The zero-order chi connectivity index (χ0) is 29.6. The molecular formula is C29H32Cl2FN3O4S. The molecule has 0 bridgehead atoms. The molecule has 0 heterocycles. The fourth-order valence-electron chi connectivity index (χ4n) is 3.89. The van der Waals surface area contributed by atoms with Crippen LogP contribution in [0.5, 0.6) is 0 Å². The van der Waals surface area contributed by atoms with Crippen LogP contribution in [0.4, 0.5) is 10.1 Å². The Labute approximate surface area is 244 Å². The summed E-state index contributed by atoms with van der Waals surface area (Å²) in [4.78, 5) is 28.1. The van der Waals surface area contributed by atoms with Crippen LogP contribution in [0.15, 0.2) is 71.6 Å². The number of amides is 2. The number of rotatable bonds is 11. The van der Waals surface area contributed by atoms with Crippen LogP contribution in [0.25, 0.3) is 0 Å². The fourth-order valence-corrected chi connectivity index (χ4v) is 5.78. The van der Waals surface area contributed by atoms with E-state index in [1.165, 1.54) is 41.3 Å². The Morgan fingerprint density at radius 3 is 2.25 bits per heavy atom. The highest BCUT2D eigenvalue weighted by molar-refractivity contribution is 7.92. The van der Waals surface area contributed by atoms with E-state index in [0.717, 1.165) is 15.9 Å². The molecule has 2 amide bonds. The van der Waals surface area contributed by atoms with Crippen LogP contribution in [0.3, 0.4) is 0 Å². The zero-order valence-corrected chi connectivity index (χ0v) is 25.0. The summed E-state index contributed by atoms with van der Waals surface area (Å²) in [5.74, 6) is -1.97. The van der Waals surface area contributed by atoms with Gasteiger partial charge in [0.1, 0.15) is 18.4 Å². The van der Waals surface area contributed by atoms with E-state index in [1.807, 2.05) is 13.8 Å². The fraction of sp³-hybridized carbons (Fsp3) is 0.310. The van der Waals surface area contributed by atoms with Crippen molar-refractivity contribution in [3.8, 4) is 0 Å². The molecule has 7 nitrogen and oxygen atoms in total. The first-order valence-electron chi connectivity index (χ1n) is 12.7. The molecule has 11 heteroatoms. The Morgan fingerprint density at radius 2 is 1.65 bits per heavy atom. The molecule has 1 N–H and O–H groups in total. The molecule has 0 aliphatic carbocycles. The van der Waals surface area contributed by atoms with Gasteiger partial charge >= 0.3 is 0 Å². The maximum absolute atomic E-state index is 15.0. The molecule has 3 rings (SSSR count). The van der Waals surface area contributed by atoms with Gasteiger partial charge in [-0.1, -0.05) is 66.0 Å². The van der Waals surface area contributed by atoms with Gasteiger partial charge in [-0.25, -0.2) is 12.8 Å². The molecular weight excluding hydrogens is 576 g/mol. The number of para-hydroxylation sites is 1. The second-order valence-electron chi connectivity index (χ2n) is 9.53. The Balaban J connectivity index is 2.06. The SMILES string of the molecule is CC[C@H](C)NC(=O)[C@@H](C)N(Cc1ccc(Cl)cc1Cl)C(=O)CN(c1ccccc1F)S(=O)(=O)c1ccc(C)cc1. The molecule has 0 aromatic heterocycles. The lowest BCUT2D eigenvalue weighted by atomic mass is 10.1. The predicted octanol–water partition coefficient (Wildman–Crippen LogP) is 5.97. The number of carbonyl (C=O) groups excluding carboxylic acids is 2. The lowest BCUT2D eigenvalue weighted by molar-refractivity contribution is -0.139. The standard InChI is InChI=1S/C29H32Cl2FN3O4S/c1-5-20(3)33-29(37)21(4)34(17-22-12-13-23(30)16-25(22)31)28(36)18-35(27-9-7-6-8-26(27)32)40(38,39)24-14-10-19(2)11-15-24/h6-16,20-21H,5,17-18H2,1-4H3,(H,33,37)/t20-,21+/m0/s1. The molecule has 0 saturated carbocycles. The second kappa shape index (κ2) is 13.5. The van der Waals surface area contributed by atoms with Crippen molar-refractivity contribution in [2.75, 3.05) is 10.8 Å². The monoisotopic (exact) mass is 607 g/mol. The van der Waals surface area contributed by atoms with Gasteiger partial charge in [-0.15, -0.1) is 0 Å². The highest BCUT2D eigenvalue weighted by Crippen LogP contribution is 2.28. The van der Waals surface area contributed by atoms with Gasteiger partial charge in [0, 0.05) is 22.6 Å². The number of benzene rings is 3. The van der Waals surface area contributed by atoms with Crippen molar-refractivity contribution >= 4 is 50.7 Å². The zero-order valence-electron chi connectivity index (χ0n) is 22.7. The molecule has 2 atom stereocenters. The van der Waals surface area contributed by atoms with Gasteiger partial charge in [0.25, 0.3) is 10.0 Å². The van der Waals surface area contributed by atoms with Gasteiger partial charge < -0.3 is 10.2 Å². The number of carbonyl (C=O) groups is 2. The van der Waals surface area contributed by atoms with Gasteiger partial charge in [-0.05, 0) is 69.2 Å². The third-order valence-corrected chi connectivity index (χ3v) is 8.89. The molecule has 0 radical (unpaired) electrons. The summed E-state index contributed by atoms with van der Waals surface area (Å²) < 4.78 is 43.2. The van der Waals surface area contributed by atoms with Crippen LogP contribution in [-0.4, -0.2) is 43.8 Å². The summed E-state index contributed by atoms with van der Waals surface area (Å²) in [6, 6.07) is 14.9. The lowest BCUT2D eigenvalue weighted by Gasteiger charge is -2.32. The number of hydrogen-bond acceptors (Lipinski definition) is 4. The smallest absolute Gasteiger partial charge is 0.264 e. The number of anilines is 1. The van der Waals surface area contributed by atoms with Gasteiger partial charge in [0.05, 0.1) is 10.6 Å². The summed E-state index contributed by atoms with van der Waals surface area (Å²) in [6.07, 6.45) is 0.672. The highest BCUT2D eigenvalue weighted by atomic mass is 35.5. The van der Waals surface area contributed by atoms with Crippen LogP contribution in [-0.2, 0) is 26.2 Å². The maximum Gasteiger partial charge on any atom is 0.264 e. The number of aryl methyl sites for hydroxylation is 1. The van der Waals surface area contributed by atoms with Crippen molar-refractivity contribution in [1.82, 2.24) is 10.2 Å². The quantitative estimate of drug-likeness (QED) is 0.291. The average molecular weight is 609 g/mol. The summed E-state index contributed by atoms with van der Waals surface area (Å²) in [5.41, 5.74) is 1.04. The van der Waals surface area contributed by atoms with Crippen LogP contribution < -0.4 is 9.62 Å². The Hall–Kier alpha value is -3.14. The van der Waals surface area contributed by atoms with Crippen molar-refractivity contribution in [3.05, 3.63) is 93.7 Å². The van der Waals surface area contributed by atoms with E-state index in [4.69, 9.17) is 23.2 Å². The normalized spacial score (nSPS) is 12.9. The molecule has 0 spiro atoms. The minimum Gasteiger partial charge on any atom is -0.352 e. The first-order chi connectivity index (χ1) is 18.8. The Kier molecular flexibility index (Phi) is 10.6. The molecule has 0 unspecified atom stereocenters. The third-order valence-electron chi connectivity index (χ3n) is 6.53. The summed E-state index contributed by atoms with van der Waals surface area (Å²) in [5, 5.41) is 3.52. The molecule has 0 fully saturated rings. The van der Waals surface area contributed by atoms with Gasteiger partial charge in [-0.3, -0.25) is 13.9 Å². The first-order valence-corrected chi connectivity index (χ1v) is 14.9. The summed E-state index contributed by atoms with van der Waals surface area (Å²) >= 11 is 12.4. The van der Waals surface area contributed by atoms with Crippen LogP contribution in [0.2, 0.25) is 10.0 Å². The van der Waals surface area contributed by atoms with Gasteiger partial charge in [0.15, 0.2) is 0 Å². The second-order valence-corrected chi connectivity index (χ2v) is 12.2. The van der Waals surface area contributed by atoms with Crippen molar-refractivity contribution in [3.63, 3.8) is 0 Å². The van der Waals surface area contributed by atoms with E-state index in [-0.39, 0.29) is 28.2 Å². The molecule has 0 aliphatic rings. The number of hydrogen-bond donors (Lipinski definition) is 1. The minimum absolute atomic E-state index is 0.107. The van der Waals surface area contributed by atoms with Crippen LogP contribution >= 0.6 is 23.2 Å². The van der Waals surface area contributed by atoms with Crippen molar-refractivity contribution in [1.29, 1.82) is 0 Å². The van der Waals surface area contributed by atoms with Crippen LogP contribution in [0.1, 0.15) is 38.3 Å². The van der Waals surface area contributed by atoms with Crippen molar-refractivity contribution < 1.29 is 22.4 Å². The molecule has 0 saturated heterocycles. The predicted molar refractivity (Wildman–Crippen MR) is 156 cm³/mol. The van der Waals surface area contributed by atoms with E-state index in [0.29, 0.717) is 17.0 Å². The molecule has 3 aromatic carbocycles. The first kappa shape index (κ1) is 31.4. The van der Waals surface area contributed by atoms with E-state index < -0.39 is 40.2 Å². The van der Waals surface area contributed by atoms with E-state index in [1.54, 1.807) is 38.1 Å². The number of sulfonamides is 1.